The van der Waals surface area contributed by atoms with Gasteiger partial charge in [0, 0.05) is 25.0 Å². The first-order valence-electron chi connectivity index (χ1n) is 13.2. The predicted molar refractivity (Wildman–Crippen MR) is 138 cm³/mol. The Labute approximate surface area is 234 Å². The number of halogens is 8. The fourth-order valence-electron chi connectivity index (χ4n) is 5.26. The lowest BCUT2D eigenvalue weighted by atomic mass is 9.74. The van der Waals surface area contributed by atoms with Crippen molar-refractivity contribution in [1.29, 1.82) is 0 Å². The second kappa shape index (κ2) is 11.2. The summed E-state index contributed by atoms with van der Waals surface area (Å²) in [6.45, 7) is 10.4. The fraction of sp³-hybridized carbons (Fsp3) is 0.567. The van der Waals surface area contributed by atoms with Crippen LogP contribution in [0.3, 0.4) is 0 Å². The maximum absolute atomic E-state index is 16.1. The van der Waals surface area contributed by atoms with Crippen molar-refractivity contribution in [2.24, 2.45) is 11.3 Å². The molecule has 11 heteroatoms. The largest absolute Gasteiger partial charge is 0.460 e. The number of ether oxygens (including phenoxy) is 1. The summed E-state index contributed by atoms with van der Waals surface area (Å²) in [5, 5.41) is 0. The van der Waals surface area contributed by atoms with Crippen LogP contribution < -0.4 is 0 Å². The molecule has 0 bridgehead atoms. The van der Waals surface area contributed by atoms with E-state index in [2.05, 4.69) is 0 Å². The highest BCUT2D eigenvalue weighted by atomic mass is 19.4. The summed E-state index contributed by atoms with van der Waals surface area (Å²) >= 11 is 0. The van der Waals surface area contributed by atoms with E-state index in [0.717, 1.165) is 48.5 Å². The first kappa shape index (κ1) is 32.8. The first-order chi connectivity index (χ1) is 18.5. The Morgan fingerprint density at radius 2 is 1.24 bits per heavy atom. The summed E-state index contributed by atoms with van der Waals surface area (Å²) in [7, 11) is 0. The molecule has 0 N–H and O–H groups in total. The van der Waals surface area contributed by atoms with Crippen molar-refractivity contribution >= 4 is 5.97 Å². The van der Waals surface area contributed by atoms with E-state index in [1.807, 2.05) is 20.8 Å². The minimum atomic E-state index is -4.65. The summed E-state index contributed by atoms with van der Waals surface area (Å²) in [6.07, 6.45) is -10.8. The van der Waals surface area contributed by atoms with E-state index in [9.17, 15) is 31.1 Å². The number of hydrogen-bond acceptors (Lipinski definition) is 3. The van der Waals surface area contributed by atoms with Crippen LogP contribution in [0.15, 0.2) is 48.5 Å². The number of rotatable bonds is 5. The quantitative estimate of drug-likeness (QED) is 0.256. The lowest BCUT2D eigenvalue weighted by Crippen LogP contribution is -2.53. The van der Waals surface area contributed by atoms with Crippen molar-refractivity contribution in [3.8, 4) is 0 Å². The van der Waals surface area contributed by atoms with Gasteiger partial charge in [-0.3, -0.25) is 9.69 Å². The highest BCUT2D eigenvalue weighted by Gasteiger charge is 2.56. The highest BCUT2D eigenvalue weighted by Crippen LogP contribution is 2.54. The molecule has 0 saturated carbocycles. The van der Waals surface area contributed by atoms with Crippen LogP contribution in [0.25, 0.3) is 0 Å². The Balaban J connectivity index is 2.19. The third kappa shape index (κ3) is 8.42. The molecule has 1 aliphatic heterocycles. The van der Waals surface area contributed by atoms with Gasteiger partial charge in [-0.2, -0.15) is 26.3 Å². The molecule has 41 heavy (non-hydrogen) atoms. The zero-order valence-corrected chi connectivity index (χ0v) is 23.8. The van der Waals surface area contributed by atoms with Gasteiger partial charge in [0.25, 0.3) is 5.92 Å². The van der Waals surface area contributed by atoms with Crippen LogP contribution in [0.4, 0.5) is 35.1 Å². The Morgan fingerprint density at radius 1 is 0.805 bits per heavy atom. The van der Waals surface area contributed by atoms with Gasteiger partial charge in [0.2, 0.25) is 0 Å². The molecule has 1 saturated heterocycles. The van der Waals surface area contributed by atoms with E-state index in [4.69, 9.17) is 4.74 Å². The summed E-state index contributed by atoms with van der Waals surface area (Å²) in [5.41, 5.74) is -3.04. The van der Waals surface area contributed by atoms with Gasteiger partial charge in [0.05, 0.1) is 23.5 Å². The molecule has 0 spiro atoms. The number of carbonyl (C=O) groups excluding carboxylic acids is 1. The average molecular weight is 594 g/mol. The Hall–Kier alpha value is -2.69. The molecule has 0 unspecified atom stereocenters. The number of carbonyl (C=O) groups is 1. The van der Waals surface area contributed by atoms with Gasteiger partial charge in [0.15, 0.2) is 0 Å². The molecule has 228 valence electrons. The molecule has 3 nitrogen and oxygen atoms in total. The van der Waals surface area contributed by atoms with Crippen molar-refractivity contribution < 1.29 is 44.7 Å². The number of hydrogen-bond donors (Lipinski definition) is 0. The number of piperidine rings is 1. The Bertz CT molecular complexity index is 1190. The van der Waals surface area contributed by atoms with Gasteiger partial charge in [-0.05, 0) is 61.6 Å². The minimum Gasteiger partial charge on any atom is -0.460 e. The smallest absolute Gasteiger partial charge is 0.416 e. The van der Waals surface area contributed by atoms with Gasteiger partial charge in [-0.1, -0.05) is 45.0 Å². The molecule has 2 aromatic carbocycles. The molecular formula is C30H35F8NO2. The van der Waals surface area contributed by atoms with Crippen molar-refractivity contribution in [1.82, 2.24) is 4.90 Å². The van der Waals surface area contributed by atoms with Crippen LogP contribution in [0.2, 0.25) is 0 Å². The molecule has 0 radical (unpaired) electrons. The molecule has 1 heterocycles. The van der Waals surface area contributed by atoms with Crippen LogP contribution in [0.5, 0.6) is 0 Å². The Morgan fingerprint density at radius 3 is 1.63 bits per heavy atom. The molecule has 2 aromatic rings. The van der Waals surface area contributed by atoms with Crippen LogP contribution in [0, 0.1) is 11.3 Å². The highest BCUT2D eigenvalue weighted by molar-refractivity contribution is 5.70. The Kier molecular flexibility index (Phi) is 8.96. The summed E-state index contributed by atoms with van der Waals surface area (Å²) in [5.74, 6) is -6.09. The van der Waals surface area contributed by atoms with Gasteiger partial charge in [0.1, 0.15) is 5.60 Å². The fourth-order valence-corrected chi connectivity index (χ4v) is 5.26. The van der Waals surface area contributed by atoms with Crippen LogP contribution in [-0.2, 0) is 21.9 Å². The molecule has 0 aromatic heterocycles. The van der Waals surface area contributed by atoms with Gasteiger partial charge in [-0.25, -0.2) is 8.78 Å². The second-order valence-corrected chi connectivity index (χ2v) is 12.8. The van der Waals surface area contributed by atoms with Gasteiger partial charge < -0.3 is 4.74 Å². The van der Waals surface area contributed by atoms with Crippen molar-refractivity contribution in [2.75, 3.05) is 6.54 Å². The monoisotopic (exact) mass is 593 g/mol. The normalized spacial score (nSPS) is 22.4. The zero-order chi connectivity index (χ0) is 31.2. The van der Waals surface area contributed by atoms with Crippen LogP contribution in [-0.4, -0.2) is 28.9 Å². The summed E-state index contributed by atoms with van der Waals surface area (Å²) in [4.78, 5) is 14.5. The van der Waals surface area contributed by atoms with E-state index in [0.29, 0.717) is 0 Å². The van der Waals surface area contributed by atoms with Crippen LogP contribution in [0.1, 0.15) is 88.7 Å². The molecule has 1 aliphatic rings. The van der Waals surface area contributed by atoms with Crippen LogP contribution >= 0.6 is 0 Å². The molecular weight excluding hydrogens is 558 g/mol. The van der Waals surface area contributed by atoms with E-state index in [1.165, 1.54) is 0 Å². The predicted octanol–water partition coefficient (Wildman–Crippen LogP) is 9.24. The van der Waals surface area contributed by atoms with Gasteiger partial charge >= 0.3 is 18.3 Å². The standard InChI is InChI=1S/C30H35F8NO2/c1-26(2,3)17-39-23(18-7-11-20(12-8-18)29(33,34)35)16-28(31,32)22(15-24(40)41-27(4,5)6)25(39)19-9-13-21(14-10-19)30(36,37)38/h7-14,22-23,25H,15-17H2,1-6H3/t22-,23+,25-/m1/s1. The lowest BCUT2D eigenvalue weighted by molar-refractivity contribution is -0.181. The number of benzene rings is 2. The average Bonchev–Trinajstić information content (AvgIpc) is 2.78. The zero-order valence-electron chi connectivity index (χ0n) is 23.8. The van der Waals surface area contributed by atoms with Crippen molar-refractivity contribution in [2.45, 2.75) is 90.3 Å². The first-order valence-corrected chi connectivity index (χ1v) is 13.2. The third-order valence-electron chi connectivity index (χ3n) is 6.81. The summed E-state index contributed by atoms with van der Waals surface area (Å²) in [6, 6.07) is 5.45. The molecule has 1 fully saturated rings. The van der Waals surface area contributed by atoms with E-state index < -0.39 is 77.2 Å². The number of alkyl halides is 8. The molecule has 0 amide bonds. The lowest BCUT2D eigenvalue weighted by Gasteiger charge is -2.52. The number of nitrogens with zero attached hydrogens (tertiary/aromatic N) is 1. The number of likely N-dealkylation sites (tertiary alicyclic amines) is 1. The molecule has 3 rings (SSSR count). The van der Waals surface area contributed by atoms with E-state index in [1.54, 1.807) is 25.7 Å². The molecule has 0 aliphatic carbocycles. The maximum Gasteiger partial charge on any atom is 0.416 e. The van der Waals surface area contributed by atoms with Gasteiger partial charge in [-0.15, -0.1) is 0 Å². The van der Waals surface area contributed by atoms with Crippen molar-refractivity contribution in [3.05, 3.63) is 70.8 Å². The van der Waals surface area contributed by atoms with E-state index >= 15 is 8.78 Å². The number of esters is 1. The maximum atomic E-state index is 16.1. The third-order valence-corrected chi connectivity index (χ3v) is 6.81. The topological polar surface area (TPSA) is 29.5 Å². The second-order valence-electron chi connectivity index (χ2n) is 12.8. The SMILES string of the molecule is CC(C)(C)CN1[C@H](c2ccc(C(F)(F)F)cc2)[C@@H](CC(=O)OC(C)(C)C)C(F)(F)C[C@H]1c1ccc(C(F)(F)F)cc1. The van der Waals surface area contributed by atoms with E-state index in [-0.39, 0.29) is 17.7 Å². The summed E-state index contributed by atoms with van der Waals surface area (Å²) < 4.78 is 117. The van der Waals surface area contributed by atoms with Crippen molar-refractivity contribution in [3.63, 3.8) is 0 Å². The molecule has 3 atom stereocenters. The minimum absolute atomic E-state index is 0.132.